The van der Waals surface area contributed by atoms with E-state index in [-0.39, 0.29) is 18.3 Å². The molecule has 0 unspecified atom stereocenters. The van der Waals surface area contributed by atoms with Crippen LogP contribution in [-0.2, 0) is 6.54 Å². The van der Waals surface area contributed by atoms with Crippen LogP contribution in [0.25, 0.3) is 0 Å². The van der Waals surface area contributed by atoms with Gasteiger partial charge in [-0.25, -0.2) is 4.98 Å². The van der Waals surface area contributed by atoms with Crippen LogP contribution >= 0.6 is 0 Å². The van der Waals surface area contributed by atoms with Crippen molar-refractivity contribution in [2.75, 3.05) is 0 Å². The number of hydrogen-bond acceptors (Lipinski definition) is 3. The molecule has 0 aliphatic heterocycles. The van der Waals surface area contributed by atoms with Gasteiger partial charge in [0.1, 0.15) is 0 Å². The van der Waals surface area contributed by atoms with Crippen LogP contribution in [0.1, 0.15) is 19.5 Å². The summed E-state index contributed by atoms with van der Waals surface area (Å²) in [4.78, 5) is 3.63. The number of hydrogen-bond donors (Lipinski definition) is 1. The Kier molecular flexibility index (Phi) is 5.43. The van der Waals surface area contributed by atoms with Crippen LogP contribution in [0.3, 0.4) is 0 Å². The zero-order valence-electron chi connectivity index (χ0n) is 11.2. The Balaban J connectivity index is 2.88. The van der Waals surface area contributed by atoms with Crippen molar-refractivity contribution in [3.8, 4) is 5.88 Å². The van der Waals surface area contributed by atoms with Gasteiger partial charge in [0.2, 0.25) is 5.88 Å². The molecule has 0 aliphatic rings. The van der Waals surface area contributed by atoms with Gasteiger partial charge in [-0.2, -0.15) is 26.3 Å². The number of rotatable bonds is 5. The number of alkyl halides is 6. The average molecular weight is 316 g/mol. The summed E-state index contributed by atoms with van der Waals surface area (Å²) in [6.07, 6.45) is -15.0. The van der Waals surface area contributed by atoms with E-state index in [2.05, 4.69) is 15.0 Å². The molecule has 0 radical (unpaired) electrons. The first-order valence-corrected chi connectivity index (χ1v) is 5.99. The summed E-state index contributed by atoms with van der Waals surface area (Å²) >= 11 is 0. The van der Waals surface area contributed by atoms with Gasteiger partial charge in [0, 0.05) is 18.7 Å². The van der Waals surface area contributed by atoms with E-state index in [4.69, 9.17) is 0 Å². The smallest absolute Gasteiger partial charge is 0.434 e. The summed E-state index contributed by atoms with van der Waals surface area (Å²) in [6.45, 7) is 3.88. The van der Waals surface area contributed by atoms with E-state index in [1.807, 2.05) is 13.8 Å². The van der Waals surface area contributed by atoms with Gasteiger partial charge >= 0.3 is 12.4 Å². The summed E-state index contributed by atoms with van der Waals surface area (Å²) in [6, 6.07) is 3.79. The van der Waals surface area contributed by atoms with Crippen molar-refractivity contribution >= 4 is 0 Å². The lowest BCUT2D eigenvalue weighted by atomic mass is 10.3. The first-order valence-electron chi connectivity index (χ1n) is 5.99. The highest BCUT2D eigenvalue weighted by molar-refractivity contribution is 5.16. The number of halogens is 6. The standard InChI is InChI=1S/C12H14F6N2O/c1-7(2)19-6-8-4-3-5-9(20-8)21-10(11(13,14)15)12(16,17)18/h3-5,7,10,19H,6H2,1-2H3. The van der Waals surface area contributed by atoms with E-state index in [1.54, 1.807) is 0 Å². The fourth-order valence-electron chi connectivity index (χ4n) is 1.37. The van der Waals surface area contributed by atoms with Crippen LogP contribution in [0.15, 0.2) is 18.2 Å². The Hall–Kier alpha value is -1.51. The van der Waals surface area contributed by atoms with E-state index in [9.17, 15) is 26.3 Å². The molecule has 0 aromatic carbocycles. The van der Waals surface area contributed by atoms with Crippen molar-refractivity contribution < 1.29 is 31.1 Å². The maximum Gasteiger partial charge on any atom is 0.434 e. The molecule has 1 heterocycles. The molecule has 0 atom stereocenters. The zero-order valence-corrected chi connectivity index (χ0v) is 11.2. The summed E-state index contributed by atoms with van der Waals surface area (Å²) in [7, 11) is 0. The summed E-state index contributed by atoms with van der Waals surface area (Å²) < 4.78 is 78.2. The van der Waals surface area contributed by atoms with Crippen molar-refractivity contribution in [3.05, 3.63) is 23.9 Å². The maximum atomic E-state index is 12.4. The fourth-order valence-corrected chi connectivity index (χ4v) is 1.37. The number of aromatic nitrogens is 1. The van der Waals surface area contributed by atoms with Gasteiger partial charge in [-0.3, -0.25) is 0 Å². The van der Waals surface area contributed by atoms with Crippen molar-refractivity contribution in [2.45, 2.75) is 44.9 Å². The van der Waals surface area contributed by atoms with Gasteiger partial charge in [0.25, 0.3) is 6.10 Å². The molecule has 0 saturated carbocycles. The Morgan fingerprint density at radius 2 is 1.67 bits per heavy atom. The fraction of sp³-hybridized carbons (Fsp3) is 0.583. The third-order valence-electron chi connectivity index (χ3n) is 2.31. The van der Waals surface area contributed by atoms with E-state index in [0.29, 0.717) is 0 Å². The number of ether oxygens (including phenoxy) is 1. The molecule has 0 bridgehead atoms. The molecule has 1 N–H and O–H groups in total. The first-order chi connectivity index (χ1) is 9.50. The van der Waals surface area contributed by atoms with Crippen LogP contribution in [0.4, 0.5) is 26.3 Å². The number of nitrogens with one attached hydrogen (secondary N) is 1. The normalized spacial score (nSPS) is 13.0. The second-order valence-electron chi connectivity index (χ2n) is 4.58. The quantitative estimate of drug-likeness (QED) is 0.845. The molecular weight excluding hydrogens is 302 g/mol. The molecule has 0 aliphatic carbocycles. The van der Waals surface area contributed by atoms with Crippen LogP contribution < -0.4 is 10.1 Å². The van der Waals surface area contributed by atoms with Crippen LogP contribution in [0.2, 0.25) is 0 Å². The predicted octanol–water partition coefficient (Wildman–Crippen LogP) is 3.45. The van der Waals surface area contributed by atoms with E-state index < -0.39 is 24.3 Å². The predicted molar refractivity (Wildman–Crippen MR) is 62.7 cm³/mol. The second-order valence-corrected chi connectivity index (χ2v) is 4.58. The van der Waals surface area contributed by atoms with Crippen molar-refractivity contribution in [1.29, 1.82) is 0 Å². The molecule has 9 heteroatoms. The van der Waals surface area contributed by atoms with Gasteiger partial charge < -0.3 is 10.1 Å². The van der Waals surface area contributed by atoms with Crippen LogP contribution in [-0.4, -0.2) is 29.5 Å². The van der Waals surface area contributed by atoms with E-state index in [1.165, 1.54) is 12.1 Å². The average Bonchev–Trinajstić information content (AvgIpc) is 2.31. The first kappa shape index (κ1) is 17.5. The highest BCUT2D eigenvalue weighted by Gasteiger charge is 2.59. The molecule has 3 nitrogen and oxygen atoms in total. The Morgan fingerprint density at radius 3 is 2.14 bits per heavy atom. The maximum absolute atomic E-state index is 12.4. The van der Waals surface area contributed by atoms with Crippen molar-refractivity contribution in [2.24, 2.45) is 0 Å². The molecule has 1 aromatic rings. The van der Waals surface area contributed by atoms with Gasteiger partial charge in [0.15, 0.2) is 0 Å². The molecule has 21 heavy (non-hydrogen) atoms. The van der Waals surface area contributed by atoms with Crippen molar-refractivity contribution in [1.82, 2.24) is 10.3 Å². The summed E-state index contributed by atoms with van der Waals surface area (Å²) in [5.41, 5.74) is 0.282. The minimum absolute atomic E-state index is 0.0921. The molecule has 0 spiro atoms. The van der Waals surface area contributed by atoms with Crippen LogP contribution in [0, 0.1) is 0 Å². The Labute approximate surface area is 117 Å². The largest absolute Gasteiger partial charge is 0.455 e. The lowest BCUT2D eigenvalue weighted by molar-refractivity contribution is -0.300. The zero-order chi connectivity index (χ0) is 16.3. The molecule has 1 rings (SSSR count). The highest BCUT2D eigenvalue weighted by atomic mass is 19.4. The second kappa shape index (κ2) is 6.50. The molecule has 0 amide bonds. The SMILES string of the molecule is CC(C)NCc1cccc(OC(C(F)(F)F)C(F)(F)F)n1. The summed E-state index contributed by atoms with van der Waals surface area (Å²) in [5.74, 6) is -0.724. The molecule has 0 fully saturated rings. The highest BCUT2D eigenvalue weighted by Crippen LogP contribution is 2.36. The topological polar surface area (TPSA) is 34.1 Å². The van der Waals surface area contributed by atoms with Crippen molar-refractivity contribution in [3.63, 3.8) is 0 Å². The van der Waals surface area contributed by atoms with Gasteiger partial charge in [0.05, 0.1) is 5.69 Å². The van der Waals surface area contributed by atoms with Gasteiger partial charge in [-0.05, 0) is 6.07 Å². The van der Waals surface area contributed by atoms with E-state index >= 15 is 0 Å². The van der Waals surface area contributed by atoms with E-state index in [0.717, 1.165) is 6.07 Å². The Bertz CT molecular complexity index is 444. The molecular formula is C12H14F6N2O. The minimum atomic E-state index is -5.56. The number of pyridine rings is 1. The lowest BCUT2D eigenvalue weighted by Crippen LogP contribution is -2.46. The van der Waals surface area contributed by atoms with Gasteiger partial charge in [-0.15, -0.1) is 0 Å². The van der Waals surface area contributed by atoms with Gasteiger partial charge in [-0.1, -0.05) is 19.9 Å². The third kappa shape index (κ3) is 5.78. The lowest BCUT2D eigenvalue weighted by Gasteiger charge is -2.23. The monoisotopic (exact) mass is 316 g/mol. The molecule has 120 valence electrons. The Morgan fingerprint density at radius 1 is 1.10 bits per heavy atom. The summed E-state index contributed by atoms with van der Waals surface area (Å²) in [5, 5.41) is 2.94. The molecule has 0 saturated heterocycles. The molecule has 1 aromatic heterocycles. The minimum Gasteiger partial charge on any atom is -0.455 e. The third-order valence-corrected chi connectivity index (χ3v) is 2.31. The van der Waals surface area contributed by atoms with Crippen LogP contribution in [0.5, 0.6) is 5.88 Å². The number of nitrogens with zero attached hydrogens (tertiary/aromatic N) is 1.